The molecule has 348 valence electrons. The van der Waals surface area contributed by atoms with Crippen LogP contribution in [0.5, 0.6) is 0 Å². The number of likely N-dealkylation sites (tertiary alicyclic amines) is 1. The van der Waals surface area contributed by atoms with Crippen LogP contribution in [0.25, 0.3) is 11.0 Å². The van der Waals surface area contributed by atoms with E-state index in [1.54, 1.807) is 28.7 Å². The standard InChI is InChI=1S/C50H62N10O6/c1-31-40-27-52-49(55-45(40)60(37-5-3-4-6-37)48(65)44(31)32(2)61)53-42-15-12-38(26-51-42)58-23-21-57(22-24-58)29-34-9-7-33(8-10-34)28-56-19-17-50(66,18-20-56)36-11-13-39-35(25-36)30-59(47(39)64)41-14-16-43(62)54-46(41)63/h11-13,15,25-27,33-34,37,41,66H,3-10,14,16-24,28-30H2,1-2H3,(H,54,62,63)(H,51,52,53,55). The van der Waals surface area contributed by atoms with Crippen LogP contribution in [-0.2, 0) is 21.7 Å². The molecule has 4 aromatic rings. The smallest absolute Gasteiger partial charge is 0.263 e. The lowest BCUT2D eigenvalue weighted by molar-refractivity contribution is -0.136. The van der Waals surface area contributed by atoms with Crippen molar-refractivity contribution >= 4 is 52.0 Å². The monoisotopic (exact) mass is 898 g/mol. The molecule has 3 amide bonds. The van der Waals surface area contributed by atoms with E-state index in [-0.39, 0.29) is 41.2 Å². The third-order valence-electron chi connectivity index (χ3n) is 15.7. The lowest BCUT2D eigenvalue weighted by Crippen LogP contribution is -2.52. The SMILES string of the molecule is CC(=O)c1c(C)c2cnc(Nc3ccc(N4CCN(CC5CCC(CN6CCC(O)(c7ccc8c(c7)CN(C7CCC(=O)NC7=O)C8=O)CC6)CC5)CC4)cn3)nc2n(C2CCCC2)c1=O. The minimum Gasteiger partial charge on any atom is -0.385 e. The summed E-state index contributed by atoms with van der Waals surface area (Å²) in [5.74, 6) is 1.24. The van der Waals surface area contributed by atoms with Crippen LogP contribution in [0, 0.1) is 18.8 Å². The first-order chi connectivity index (χ1) is 31.9. The molecule has 10 rings (SSSR count). The number of fused-ring (bicyclic) bond motifs is 2. The number of aromatic nitrogens is 4. The number of hydrogen-bond acceptors (Lipinski definition) is 13. The molecule has 1 atom stereocenters. The zero-order valence-electron chi connectivity index (χ0n) is 38.3. The first-order valence-electron chi connectivity index (χ1n) is 24.3. The van der Waals surface area contributed by atoms with Gasteiger partial charge in [-0.3, -0.25) is 38.8 Å². The Bertz CT molecular complexity index is 2580. The Hall–Kier alpha value is -5.58. The van der Waals surface area contributed by atoms with Crippen molar-refractivity contribution < 1.29 is 24.3 Å². The summed E-state index contributed by atoms with van der Waals surface area (Å²) in [7, 11) is 0. The second kappa shape index (κ2) is 18.2. The summed E-state index contributed by atoms with van der Waals surface area (Å²) >= 11 is 0. The number of aryl methyl sites for hydroxylation is 1. The maximum absolute atomic E-state index is 13.6. The maximum atomic E-state index is 13.6. The van der Waals surface area contributed by atoms with Gasteiger partial charge in [-0.15, -0.1) is 0 Å². The van der Waals surface area contributed by atoms with E-state index in [9.17, 15) is 29.1 Å². The number of pyridine rings is 2. The molecule has 5 fully saturated rings. The summed E-state index contributed by atoms with van der Waals surface area (Å²) < 4.78 is 1.73. The number of piperazine rings is 1. The van der Waals surface area contributed by atoms with Gasteiger partial charge in [-0.05, 0) is 118 Å². The van der Waals surface area contributed by atoms with Gasteiger partial charge in [-0.25, -0.2) is 9.97 Å². The van der Waals surface area contributed by atoms with Crippen LogP contribution in [0.4, 0.5) is 17.5 Å². The Morgan fingerprint density at radius 1 is 0.848 bits per heavy atom. The van der Waals surface area contributed by atoms with Gasteiger partial charge in [0, 0.05) is 88.5 Å². The number of piperidine rings is 2. The highest BCUT2D eigenvalue weighted by molar-refractivity contribution is 6.05. The lowest BCUT2D eigenvalue weighted by atomic mass is 9.80. The van der Waals surface area contributed by atoms with Crippen molar-refractivity contribution in [3.63, 3.8) is 0 Å². The van der Waals surface area contributed by atoms with E-state index >= 15 is 0 Å². The van der Waals surface area contributed by atoms with E-state index in [0.717, 1.165) is 100 Å². The van der Waals surface area contributed by atoms with Crippen molar-refractivity contribution in [2.24, 2.45) is 11.8 Å². The van der Waals surface area contributed by atoms with Crippen LogP contribution in [0.2, 0.25) is 0 Å². The van der Waals surface area contributed by atoms with Gasteiger partial charge in [0.1, 0.15) is 17.5 Å². The molecule has 6 aliphatic rings. The zero-order valence-corrected chi connectivity index (χ0v) is 38.3. The number of carbonyl (C=O) groups is 4. The number of aliphatic hydroxyl groups is 1. The number of hydrogen-bond donors (Lipinski definition) is 3. The number of Topliss-reactive ketones (excluding diaryl/α,β-unsaturated/α-hetero) is 1. The van der Waals surface area contributed by atoms with E-state index in [1.807, 2.05) is 24.4 Å². The fourth-order valence-corrected chi connectivity index (χ4v) is 11.8. The summed E-state index contributed by atoms with van der Waals surface area (Å²) in [6.45, 7) is 11.4. The molecule has 16 nitrogen and oxygen atoms in total. The highest BCUT2D eigenvalue weighted by Gasteiger charge is 2.41. The molecule has 0 bridgehead atoms. The average Bonchev–Trinajstić information content (AvgIpc) is 3.96. The van der Waals surface area contributed by atoms with Crippen LogP contribution >= 0.6 is 0 Å². The Labute approximate surface area is 385 Å². The molecule has 2 saturated carbocycles. The van der Waals surface area contributed by atoms with E-state index < -0.39 is 17.6 Å². The fourth-order valence-electron chi connectivity index (χ4n) is 11.8. The summed E-state index contributed by atoms with van der Waals surface area (Å²) in [4.78, 5) is 86.7. The molecule has 1 aromatic carbocycles. The summed E-state index contributed by atoms with van der Waals surface area (Å²) in [5, 5.41) is 18.1. The minimum absolute atomic E-state index is 0.0181. The van der Waals surface area contributed by atoms with Gasteiger partial charge in [0.2, 0.25) is 17.8 Å². The van der Waals surface area contributed by atoms with E-state index in [2.05, 4.69) is 36.4 Å². The predicted octanol–water partition coefficient (Wildman–Crippen LogP) is 5.23. The average molecular weight is 899 g/mol. The number of amides is 3. The first kappa shape index (κ1) is 44.3. The molecule has 16 heteroatoms. The summed E-state index contributed by atoms with van der Waals surface area (Å²) in [6.07, 6.45) is 14.3. The Morgan fingerprint density at radius 3 is 2.20 bits per heavy atom. The number of nitrogens with zero attached hydrogens (tertiary/aromatic N) is 8. The minimum atomic E-state index is -0.947. The Morgan fingerprint density at radius 2 is 1.55 bits per heavy atom. The van der Waals surface area contributed by atoms with Crippen molar-refractivity contribution in [1.82, 2.24) is 39.5 Å². The number of nitrogens with one attached hydrogen (secondary N) is 2. The second-order valence-corrected chi connectivity index (χ2v) is 19.9. The Balaban J connectivity index is 0.664. The number of ketones is 1. The molecule has 3 N–H and O–H groups in total. The highest BCUT2D eigenvalue weighted by Crippen LogP contribution is 2.38. The molecule has 0 spiro atoms. The lowest BCUT2D eigenvalue weighted by Gasteiger charge is -2.41. The number of benzene rings is 1. The molecular formula is C50H62N10O6. The van der Waals surface area contributed by atoms with Gasteiger partial charge in [0.05, 0.1) is 23.0 Å². The normalized spacial score (nSPS) is 24.2. The molecule has 3 saturated heterocycles. The first-order valence-corrected chi connectivity index (χ1v) is 24.3. The summed E-state index contributed by atoms with van der Waals surface area (Å²) in [6, 6.07) is 9.04. The van der Waals surface area contributed by atoms with Crippen LogP contribution < -0.4 is 21.1 Å². The van der Waals surface area contributed by atoms with Crippen LogP contribution in [-0.4, -0.2) is 121 Å². The number of anilines is 3. The molecule has 2 aliphatic carbocycles. The predicted molar refractivity (Wildman–Crippen MR) is 250 cm³/mol. The number of rotatable bonds is 11. The van der Waals surface area contributed by atoms with E-state index in [4.69, 9.17) is 9.97 Å². The molecule has 1 unspecified atom stereocenters. The highest BCUT2D eigenvalue weighted by atomic mass is 16.3. The molecular weight excluding hydrogens is 837 g/mol. The maximum Gasteiger partial charge on any atom is 0.263 e. The third-order valence-corrected chi connectivity index (χ3v) is 15.7. The molecule has 66 heavy (non-hydrogen) atoms. The largest absolute Gasteiger partial charge is 0.385 e. The van der Waals surface area contributed by atoms with Gasteiger partial charge in [0.15, 0.2) is 5.78 Å². The van der Waals surface area contributed by atoms with E-state index in [0.29, 0.717) is 66.2 Å². The molecule has 7 heterocycles. The van der Waals surface area contributed by atoms with Gasteiger partial charge < -0.3 is 25.1 Å². The fraction of sp³-hybridized carbons (Fsp3) is 0.560. The van der Waals surface area contributed by atoms with Crippen molar-refractivity contribution in [2.75, 3.05) is 62.6 Å². The zero-order chi connectivity index (χ0) is 45.7. The van der Waals surface area contributed by atoms with Gasteiger partial charge in [0.25, 0.3) is 11.5 Å². The van der Waals surface area contributed by atoms with Crippen molar-refractivity contribution in [2.45, 2.75) is 115 Å². The van der Waals surface area contributed by atoms with Crippen molar-refractivity contribution in [3.05, 3.63) is 80.9 Å². The van der Waals surface area contributed by atoms with Crippen molar-refractivity contribution in [3.8, 4) is 0 Å². The van der Waals surface area contributed by atoms with E-state index in [1.165, 1.54) is 32.6 Å². The van der Waals surface area contributed by atoms with Gasteiger partial charge >= 0.3 is 0 Å². The van der Waals surface area contributed by atoms with Crippen LogP contribution in [0.1, 0.15) is 127 Å². The molecule has 4 aliphatic heterocycles. The number of carbonyl (C=O) groups excluding carboxylic acids is 4. The summed E-state index contributed by atoms with van der Waals surface area (Å²) in [5.41, 5.74) is 3.53. The molecule has 3 aromatic heterocycles. The topological polar surface area (TPSA) is 186 Å². The van der Waals surface area contributed by atoms with Crippen LogP contribution in [0.3, 0.4) is 0 Å². The number of imide groups is 1. The van der Waals surface area contributed by atoms with Gasteiger partial charge in [-0.2, -0.15) is 4.98 Å². The van der Waals surface area contributed by atoms with Crippen molar-refractivity contribution in [1.29, 1.82) is 0 Å². The quantitative estimate of drug-likeness (QED) is 0.132. The third kappa shape index (κ3) is 8.74. The Kier molecular flexibility index (Phi) is 12.2. The van der Waals surface area contributed by atoms with Gasteiger partial charge in [-0.1, -0.05) is 25.0 Å². The van der Waals surface area contributed by atoms with Crippen LogP contribution in [0.15, 0.2) is 47.5 Å². The second-order valence-electron chi connectivity index (χ2n) is 19.9. The molecule has 0 radical (unpaired) electrons.